The van der Waals surface area contributed by atoms with E-state index in [0.717, 1.165) is 38.5 Å². The van der Waals surface area contributed by atoms with Gasteiger partial charge in [-0.25, -0.2) is 4.79 Å². The van der Waals surface area contributed by atoms with Crippen molar-refractivity contribution in [3.8, 4) is 0 Å². The smallest absolute Gasteiger partial charge is 0.317 e. The lowest BCUT2D eigenvalue weighted by Crippen LogP contribution is -2.49. The molecule has 0 aromatic rings. The number of urea groups is 1. The van der Waals surface area contributed by atoms with Crippen molar-refractivity contribution < 1.29 is 14.6 Å². The number of carbonyl (C=O) groups is 1. The van der Waals surface area contributed by atoms with E-state index < -0.39 is 0 Å². The second kappa shape index (κ2) is 7.99. The largest absolute Gasteiger partial charge is 0.393 e. The summed E-state index contributed by atoms with van der Waals surface area (Å²) >= 11 is 0. The van der Waals surface area contributed by atoms with Gasteiger partial charge in [0.1, 0.15) is 0 Å². The molecule has 0 spiro atoms. The fourth-order valence-corrected chi connectivity index (χ4v) is 3.65. The maximum Gasteiger partial charge on any atom is 0.317 e. The summed E-state index contributed by atoms with van der Waals surface area (Å²) in [5, 5.41) is 13.0. The SMILES string of the molecule is CO[C@@H]1CCCCC[C@@H]1NC(=O)N(C)C[C@H]1CCC[C@H]1O. The summed E-state index contributed by atoms with van der Waals surface area (Å²) in [5.74, 6) is 0.230. The van der Waals surface area contributed by atoms with Crippen LogP contribution in [0.3, 0.4) is 0 Å². The Morgan fingerprint density at radius 2 is 1.95 bits per heavy atom. The molecule has 2 amide bonds. The molecule has 0 aromatic heterocycles. The monoisotopic (exact) mass is 298 g/mol. The van der Waals surface area contributed by atoms with Crippen LogP contribution in [0.25, 0.3) is 0 Å². The van der Waals surface area contributed by atoms with Crippen molar-refractivity contribution in [1.29, 1.82) is 0 Å². The zero-order chi connectivity index (χ0) is 15.2. The van der Waals surface area contributed by atoms with Gasteiger partial charge in [0.25, 0.3) is 0 Å². The molecule has 21 heavy (non-hydrogen) atoms. The van der Waals surface area contributed by atoms with Crippen molar-refractivity contribution in [2.75, 3.05) is 20.7 Å². The molecule has 0 saturated heterocycles. The highest BCUT2D eigenvalue weighted by atomic mass is 16.5. The summed E-state index contributed by atoms with van der Waals surface area (Å²) in [6, 6.07) is 0.0731. The van der Waals surface area contributed by atoms with Crippen LogP contribution in [0.15, 0.2) is 0 Å². The number of aliphatic hydroxyl groups excluding tert-OH is 1. The predicted molar refractivity (Wildman–Crippen MR) is 82.2 cm³/mol. The van der Waals surface area contributed by atoms with Crippen molar-refractivity contribution in [2.24, 2.45) is 5.92 Å². The number of methoxy groups -OCH3 is 1. The van der Waals surface area contributed by atoms with Gasteiger partial charge in [-0.1, -0.05) is 25.7 Å². The summed E-state index contributed by atoms with van der Waals surface area (Å²) in [6.45, 7) is 0.636. The molecule has 2 aliphatic carbocycles. The van der Waals surface area contributed by atoms with Crippen molar-refractivity contribution in [3.63, 3.8) is 0 Å². The first-order valence-corrected chi connectivity index (χ1v) is 8.34. The third kappa shape index (κ3) is 4.58. The van der Waals surface area contributed by atoms with E-state index in [1.807, 2.05) is 7.05 Å². The van der Waals surface area contributed by atoms with Crippen LogP contribution < -0.4 is 5.32 Å². The van der Waals surface area contributed by atoms with Crippen molar-refractivity contribution in [2.45, 2.75) is 69.6 Å². The van der Waals surface area contributed by atoms with E-state index in [1.54, 1.807) is 12.0 Å². The van der Waals surface area contributed by atoms with Crippen LogP contribution in [0, 0.1) is 5.92 Å². The molecule has 0 heterocycles. The number of carbonyl (C=O) groups excluding carboxylic acids is 1. The molecule has 4 atom stereocenters. The average Bonchev–Trinajstić information content (AvgIpc) is 2.74. The number of nitrogens with zero attached hydrogens (tertiary/aromatic N) is 1. The highest BCUT2D eigenvalue weighted by Crippen LogP contribution is 2.26. The van der Waals surface area contributed by atoms with Gasteiger partial charge >= 0.3 is 6.03 Å². The quantitative estimate of drug-likeness (QED) is 0.782. The Labute approximate surface area is 128 Å². The van der Waals surface area contributed by atoms with Crippen molar-refractivity contribution >= 4 is 6.03 Å². The lowest BCUT2D eigenvalue weighted by atomic mass is 10.1. The van der Waals surface area contributed by atoms with Crippen LogP contribution in [0.4, 0.5) is 4.79 Å². The molecule has 122 valence electrons. The Morgan fingerprint density at radius 1 is 1.19 bits per heavy atom. The van der Waals surface area contributed by atoms with Crippen LogP contribution in [0.5, 0.6) is 0 Å². The van der Waals surface area contributed by atoms with Gasteiger partial charge in [-0.05, 0) is 25.7 Å². The van der Waals surface area contributed by atoms with Crippen LogP contribution in [0.2, 0.25) is 0 Å². The Kier molecular flexibility index (Phi) is 6.30. The zero-order valence-electron chi connectivity index (χ0n) is 13.4. The van der Waals surface area contributed by atoms with Crippen molar-refractivity contribution in [1.82, 2.24) is 10.2 Å². The second-order valence-electron chi connectivity index (χ2n) is 6.61. The van der Waals surface area contributed by atoms with E-state index in [0.29, 0.717) is 6.54 Å². The lowest BCUT2D eigenvalue weighted by molar-refractivity contribution is 0.0627. The van der Waals surface area contributed by atoms with E-state index in [9.17, 15) is 9.90 Å². The molecule has 2 saturated carbocycles. The fraction of sp³-hybridized carbons (Fsp3) is 0.938. The first-order valence-electron chi connectivity index (χ1n) is 8.34. The Bertz CT molecular complexity index is 337. The number of nitrogens with one attached hydrogen (secondary N) is 1. The Morgan fingerprint density at radius 3 is 2.62 bits per heavy atom. The molecular weight excluding hydrogens is 268 g/mol. The molecule has 5 nitrogen and oxygen atoms in total. The van der Waals surface area contributed by atoms with Gasteiger partial charge in [-0.15, -0.1) is 0 Å². The van der Waals surface area contributed by atoms with Crippen LogP contribution in [0.1, 0.15) is 51.4 Å². The number of hydrogen-bond donors (Lipinski definition) is 2. The topological polar surface area (TPSA) is 61.8 Å². The number of ether oxygens (including phenoxy) is 1. The molecular formula is C16H30N2O3. The predicted octanol–water partition coefficient (Wildman–Crippen LogP) is 2.14. The average molecular weight is 298 g/mol. The van der Waals surface area contributed by atoms with Gasteiger partial charge in [0.15, 0.2) is 0 Å². The summed E-state index contributed by atoms with van der Waals surface area (Å²) in [6.07, 6.45) is 8.39. The van der Waals surface area contributed by atoms with E-state index in [4.69, 9.17) is 4.74 Å². The van der Waals surface area contributed by atoms with Gasteiger partial charge in [0, 0.05) is 26.6 Å². The first kappa shape index (κ1) is 16.6. The molecule has 0 bridgehead atoms. The third-order valence-electron chi connectivity index (χ3n) is 5.04. The van der Waals surface area contributed by atoms with Crippen LogP contribution in [-0.2, 0) is 4.74 Å². The molecule has 0 aliphatic heterocycles. The minimum Gasteiger partial charge on any atom is -0.393 e. The molecule has 2 rings (SSSR count). The number of aliphatic hydroxyl groups is 1. The first-order chi connectivity index (χ1) is 10.1. The molecule has 0 unspecified atom stereocenters. The summed E-state index contributed by atoms with van der Waals surface area (Å²) in [5.41, 5.74) is 0. The molecule has 5 heteroatoms. The van der Waals surface area contributed by atoms with Gasteiger partial charge in [0.2, 0.25) is 0 Å². The van der Waals surface area contributed by atoms with Gasteiger partial charge < -0.3 is 20.1 Å². The Hall–Kier alpha value is -0.810. The van der Waals surface area contributed by atoms with Crippen LogP contribution in [-0.4, -0.2) is 55.0 Å². The van der Waals surface area contributed by atoms with Gasteiger partial charge in [-0.3, -0.25) is 0 Å². The van der Waals surface area contributed by atoms with Gasteiger partial charge in [0.05, 0.1) is 18.2 Å². The maximum absolute atomic E-state index is 12.4. The lowest BCUT2D eigenvalue weighted by Gasteiger charge is -2.29. The summed E-state index contributed by atoms with van der Waals surface area (Å²) in [7, 11) is 3.55. The number of rotatable bonds is 4. The Balaban J connectivity index is 1.83. The molecule has 2 N–H and O–H groups in total. The minimum absolute atomic E-state index is 0.0388. The molecule has 2 aliphatic rings. The summed E-state index contributed by atoms with van der Waals surface area (Å²) in [4.78, 5) is 14.1. The summed E-state index contributed by atoms with van der Waals surface area (Å²) < 4.78 is 5.54. The molecule has 2 fully saturated rings. The zero-order valence-corrected chi connectivity index (χ0v) is 13.4. The third-order valence-corrected chi connectivity index (χ3v) is 5.04. The highest BCUT2D eigenvalue weighted by molar-refractivity contribution is 5.74. The standard InChI is InChI=1S/C16H30N2O3/c1-18(11-12-7-6-9-14(12)19)16(20)17-13-8-4-3-5-10-15(13)21-2/h12-15,19H,3-11H2,1-2H3,(H,17,20)/t12-,13+,14-,15-/m1/s1. The van der Waals surface area contributed by atoms with E-state index in [-0.39, 0.29) is 30.2 Å². The van der Waals surface area contributed by atoms with E-state index in [2.05, 4.69) is 5.32 Å². The second-order valence-corrected chi connectivity index (χ2v) is 6.61. The van der Waals surface area contributed by atoms with Crippen LogP contribution >= 0.6 is 0 Å². The van der Waals surface area contributed by atoms with Crippen molar-refractivity contribution in [3.05, 3.63) is 0 Å². The van der Waals surface area contributed by atoms with E-state index in [1.165, 1.54) is 12.8 Å². The number of amides is 2. The van der Waals surface area contributed by atoms with Gasteiger partial charge in [-0.2, -0.15) is 0 Å². The normalized spacial score (nSPS) is 33.5. The minimum atomic E-state index is -0.246. The number of hydrogen-bond acceptors (Lipinski definition) is 3. The molecule has 0 aromatic carbocycles. The maximum atomic E-state index is 12.4. The highest BCUT2D eigenvalue weighted by Gasteiger charge is 2.29. The molecule has 0 radical (unpaired) electrons. The fourth-order valence-electron chi connectivity index (χ4n) is 3.65. The van der Waals surface area contributed by atoms with E-state index >= 15 is 0 Å².